The molecule has 286 valence electrons. The van der Waals surface area contributed by atoms with Crippen molar-refractivity contribution in [2.75, 3.05) is 0 Å². The predicted octanol–water partition coefficient (Wildman–Crippen LogP) is 12.8. The van der Waals surface area contributed by atoms with Crippen molar-refractivity contribution in [2.24, 2.45) is 0 Å². The average Bonchev–Trinajstić information content (AvgIpc) is 3.13. The van der Waals surface area contributed by atoms with E-state index in [4.69, 9.17) is 9.47 Å². The molecule has 52 heavy (non-hydrogen) atoms. The first kappa shape index (κ1) is 42.7. The largest absolute Gasteiger partial charge is 0.449 e. The Morgan fingerprint density at radius 1 is 0.673 bits per heavy atom. The zero-order valence-electron chi connectivity index (χ0n) is 31.6. The van der Waals surface area contributed by atoms with Gasteiger partial charge >= 0.3 is 18.1 Å². The fraction of sp³-hybridized carbons (Fsp3) is 0.581. The first-order chi connectivity index (χ1) is 25.1. The van der Waals surface area contributed by atoms with Crippen LogP contribution >= 0.6 is 0 Å². The molecule has 3 aromatic rings. The Bertz CT molecular complexity index is 1460. The van der Waals surface area contributed by atoms with Gasteiger partial charge in [-0.25, -0.2) is 19.6 Å². The summed E-state index contributed by atoms with van der Waals surface area (Å²) in [6, 6.07) is 10.9. The second kappa shape index (κ2) is 23.7. The summed E-state index contributed by atoms with van der Waals surface area (Å²) in [6.07, 6.45) is 18.0. The lowest BCUT2D eigenvalue weighted by Gasteiger charge is -2.21. The summed E-state index contributed by atoms with van der Waals surface area (Å²) >= 11 is 0. The molecule has 6 nitrogen and oxygen atoms in total. The number of nitrogens with zero attached hydrogens (tertiary/aromatic N) is 2. The van der Waals surface area contributed by atoms with E-state index in [1.54, 1.807) is 31.2 Å². The van der Waals surface area contributed by atoms with Crippen molar-refractivity contribution < 1.29 is 32.2 Å². The molecule has 0 bridgehead atoms. The van der Waals surface area contributed by atoms with Crippen molar-refractivity contribution in [3.05, 3.63) is 77.1 Å². The minimum absolute atomic E-state index is 0.0103. The van der Waals surface area contributed by atoms with Gasteiger partial charge in [0.2, 0.25) is 0 Å². The van der Waals surface area contributed by atoms with Crippen LogP contribution in [0, 0.1) is 6.92 Å². The van der Waals surface area contributed by atoms with Crippen LogP contribution < -0.4 is 4.74 Å². The summed E-state index contributed by atoms with van der Waals surface area (Å²) in [7, 11) is 0. The van der Waals surface area contributed by atoms with Gasteiger partial charge in [-0.2, -0.15) is 13.2 Å². The number of alkyl halides is 3. The van der Waals surface area contributed by atoms with Gasteiger partial charge in [-0.05, 0) is 74.1 Å². The molecule has 1 aromatic heterocycles. The second-order valence-corrected chi connectivity index (χ2v) is 14.0. The highest BCUT2D eigenvalue weighted by molar-refractivity contribution is 5.93. The Labute approximate surface area is 309 Å². The maximum atomic E-state index is 13.7. The maximum Gasteiger partial charge on any atom is 0.425 e. The Kier molecular flexibility index (Phi) is 19.5. The number of benzene rings is 2. The number of hydrogen-bond donors (Lipinski definition) is 0. The number of carbonyl (C=O) groups excluding carboxylic acids is 2. The summed E-state index contributed by atoms with van der Waals surface area (Å²) in [5.41, 5.74) is 2.50. The standard InChI is InChI=1S/C43H59F3N2O4/c1-4-6-8-10-12-14-15-16-18-20-22-34-31-47-40(48-32-34)35-24-26-36(27-25-35)41(49)51-37-28-29-38(33(3)30-37)42(50)52-39(43(44,45)46)23-21-19-17-13-11-9-7-5-2/h24-32,39H,4-23H2,1-3H3/t39-/m0/s1. The van der Waals surface area contributed by atoms with Crippen LogP contribution in [0.2, 0.25) is 0 Å². The molecule has 2 aromatic carbocycles. The van der Waals surface area contributed by atoms with Gasteiger partial charge in [0.25, 0.3) is 0 Å². The molecule has 0 fully saturated rings. The molecule has 0 aliphatic heterocycles. The summed E-state index contributed by atoms with van der Waals surface area (Å²) in [4.78, 5) is 34.7. The topological polar surface area (TPSA) is 78.4 Å². The van der Waals surface area contributed by atoms with Crippen molar-refractivity contribution in [1.82, 2.24) is 9.97 Å². The van der Waals surface area contributed by atoms with E-state index in [2.05, 4.69) is 23.8 Å². The monoisotopic (exact) mass is 724 g/mol. The molecule has 0 N–H and O–H groups in total. The molecular weight excluding hydrogens is 665 g/mol. The van der Waals surface area contributed by atoms with Crippen LogP contribution in [0.25, 0.3) is 11.4 Å². The highest BCUT2D eigenvalue weighted by Gasteiger charge is 2.42. The zero-order chi connectivity index (χ0) is 37.6. The molecule has 0 saturated carbocycles. The molecule has 0 aliphatic carbocycles. The second-order valence-electron chi connectivity index (χ2n) is 14.0. The molecule has 0 spiro atoms. The van der Waals surface area contributed by atoms with Crippen LogP contribution in [-0.2, 0) is 11.2 Å². The Morgan fingerprint density at radius 2 is 1.19 bits per heavy atom. The van der Waals surface area contributed by atoms with E-state index in [-0.39, 0.29) is 17.7 Å². The fourth-order valence-corrected chi connectivity index (χ4v) is 6.25. The van der Waals surface area contributed by atoms with Crippen molar-refractivity contribution >= 4 is 11.9 Å². The lowest BCUT2D eigenvalue weighted by molar-refractivity contribution is -0.206. The van der Waals surface area contributed by atoms with Crippen molar-refractivity contribution in [3.63, 3.8) is 0 Å². The minimum atomic E-state index is -4.66. The number of ether oxygens (including phenoxy) is 2. The highest BCUT2D eigenvalue weighted by atomic mass is 19.4. The van der Waals surface area contributed by atoms with Gasteiger partial charge in [0, 0.05) is 18.0 Å². The van der Waals surface area contributed by atoms with Crippen LogP contribution in [0.3, 0.4) is 0 Å². The number of halogens is 3. The van der Waals surface area contributed by atoms with E-state index in [0.29, 0.717) is 29.8 Å². The smallest absolute Gasteiger partial charge is 0.425 e. The third-order valence-corrected chi connectivity index (χ3v) is 9.47. The highest BCUT2D eigenvalue weighted by Crippen LogP contribution is 2.29. The molecular formula is C43H59F3N2O4. The number of esters is 2. The van der Waals surface area contributed by atoms with E-state index < -0.39 is 24.2 Å². The molecule has 3 rings (SSSR count). The maximum absolute atomic E-state index is 13.7. The van der Waals surface area contributed by atoms with Gasteiger partial charge in [0.05, 0.1) is 11.1 Å². The number of rotatable bonds is 25. The molecule has 0 aliphatic rings. The number of carbonyl (C=O) groups is 2. The van der Waals surface area contributed by atoms with Crippen LogP contribution in [0.15, 0.2) is 54.9 Å². The minimum Gasteiger partial charge on any atom is -0.449 e. The summed E-state index contributed by atoms with van der Waals surface area (Å²) < 4.78 is 51.5. The van der Waals surface area contributed by atoms with E-state index >= 15 is 0 Å². The van der Waals surface area contributed by atoms with Crippen LogP contribution in [0.4, 0.5) is 13.2 Å². The Balaban J connectivity index is 1.44. The number of aryl methyl sites for hydroxylation is 2. The quantitative estimate of drug-likeness (QED) is 0.0492. The SMILES string of the molecule is CCCCCCCCCCCCc1cnc(-c2ccc(C(=O)Oc3ccc(C(=O)O[C@@H](CCCCCCCCCC)C(F)(F)F)c(C)c3)cc2)nc1. The van der Waals surface area contributed by atoms with Gasteiger partial charge in [-0.15, -0.1) is 0 Å². The van der Waals surface area contributed by atoms with Crippen LogP contribution in [-0.4, -0.2) is 34.2 Å². The molecule has 0 unspecified atom stereocenters. The van der Waals surface area contributed by atoms with E-state index in [1.165, 1.54) is 82.4 Å². The van der Waals surface area contributed by atoms with Gasteiger partial charge in [0.15, 0.2) is 11.9 Å². The van der Waals surface area contributed by atoms with Gasteiger partial charge < -0.3 is 9.47 Å². The lowest BCUT2D eigenvalue weighted by Crippen LogP contribution is -2.34. The Morgan fingerprint density at radius 3 is 1.71 bits per heavy atom. The van der Waals surface area contributed by atoms with Crippen molar-refractivity contribution in [2.45, 2.75) is 161 Å². The van der Waals surface area contributed by atoms with E-state index in [1.807, 2.05) is 12.4 Å². The third-order valence-electron chi connectivity index (χ3n) is 9.47. The normalized spacial score (nSPS) is 12.1. The van der Waals surface area contributed by atoms with Gasteiger partial charge in [-0.3, -0.25) is 0 Å². The molecule has 9 heteroatoms. The molecule has 0 amide bonds. The summed E-state index contributed by atoms with van der Waals surface area (Å²) in [5.74, 6) is -0.940. The molecule has 1 atom stereocenters. The number of aromatic nitrogens is 2. The van der Waals surface area contributed by atoms with Gasteiger partial charge in [-0.1, -0.05) is 129 Å². The van der Waals surface area contributed by atoms with E-state index in [0.717, 1.165) is 56.1 Å². The first-order valence-corrected chi connectivity index (χ1v) is 19.6. The van der Waals surface area contributed by atoms with E-state index in [9.17, 15) is 22.8 Å². The van der Waals surface area contributed by atoms with Crippen LogP contribution in [0.5, 0.6) is 5.75 Å². The van der Waals surface area contributed by atoms with Crippen LogP contribution in [0.1, 0.15) is 168 Å². The predicted molar refractivity (Wildman–Crippen MR) is 202 cm³/mol. The van der Waals surface area contributed by atoms with Crippen molar-refractivity contribution in [1.29, 1.82) is 0 Å². The molecule has 0 radical (unpaired) electrons. The van der Waals surface area contributed by atoms with Crippen molar-refractivity contribution in [3.8, 4) is 17.1 Å². The number of unbranched alkanes of at least 4 members (excludes halogenated alkanes) is 16. The Hall–Kier alpha value is -3.75. The fourth-order valence-electron chi connectivity index (χ4n) is 6.25. The summed E-state index contributed by atoms with van der Waals surface area (Å²) in [6.45, 7) is 5.95. The molecule has 1 heterocycles. The third kappa shape index (κ3) is 15.9. The first-order valence-electron chi connectivity index (χ1n) is 19.6. The van der Waals surface area contributed by atoms with Gasteiger partial charge in [0.1, 0.15) is 5.75 Å². The average molecular weight is 725 g/mol. The molecule has 0 saturated heterocycles. The zero-order valence-corrected chi connectivity index (χ0v) is 31.6. The summed E-state index contributed by atoms with van der Waals surface area (Å²) in [5, 5.41) is 0. The lowest BCUT2D eigenvalue weighted by atomic mass is 10.0. The number of hydrogen-bond acceptors (Lipinski definition) is 6.